The Labute approximate surface area is 428 Å². The molecule has 0 aliphatic carbocycles. The lowest BCUT2D eigenvalue weighted by molar-refractivity contribution is 0.960. The number of nitriles is 2. The predicted octanol–water partition coefficient (Wildman–Crippen LogP) is 15.8. The molecular formula is C65H47IN6. The number of fused-ring (bicyclic) bond motifs is 6. The minimum atomic E-state index is -0.812. The first kappa shape index (κ1) is 44.7. The molecule has 0 spiro atoms. The molecule has 6 nitrogen and oxygen atoms in total. The van der Waals surface area contributed by atoms with Crippen LogP contribution in [0.3, 0.4) is 0 Å². The lowest BCUT2D eigenvalue weighted by Gasteiger charge is -2.17. The van der Waals surface area contributed by atoms with Crippen molar-refractivity contribution < 1.29 is 0 Å². The monoisotopic (exact) mass is 1040 g/mol. The largest absolute Gasteiger partial charge is 0.309 e. The quantitative estimate of drug-likeness (QED) is 0.121. The summed E-state index contributed by atoms with van der Waals surface area (Å²) in [5.41, 5.74) is 19.2. The molecule has 0 saturated carbocycles. The maximum atomic E-state index is 10.6. The number of para-hydroxylation sites is 2. The van der Waals surface area contributed by atoms with Crippen molar-refractivity contribution in [3.05, 3.63) is 245 Å². The Morgan fingerprint density at radius 1 is 0.458 bits per heavy atom. The Kier molecular flexibility index (Phi) is 11.8. The average Bonchev–Trinajstić information content (AvgIpc) is 3.94. The van der Waals surface area contributed by atoms with Gasteiger partial charge >= 0.3 is 0 Å². The number of aryl methyl sites for hydroxylation is 5. The Bertz CT molecular complexity index is 4100. The molecule has 0 amide bonds. The number of halogens is 1. The molecule has 3 heterocycles. The highest BCUT2D eigenvalue weighted by atomic mass is 127. The zero-order valence-corrected chi connectivity index (χ0v) is 42.1. The smallest absolute Gasteiger partial charge is 0.189 e. The maximum Gasteiger partial charge on any atom is 0.189 e. The van der Waals surface area contributed by atoms with Crippen molar-refractivity contribution in [3.8, 4) is 40.2 Å². The van der Waals surface area contributed by atoms with E-state index in [9.17, 15) is 10.5 Å². The van der Waals surface area contributed by atoms with Crippen LogP contribution in [0.5, 0.6) is 0 Å². The topological polar surface area (TPSA) is 82.2 Å². The first-order chi connectivity index (χ1) is 35.4. The van der Waals surface area contributed by atoms with E-state index in [4.69, 9.17) is 9.98 Å². The SMILES string of the molecule is Cc1ccc(CCc2ccccc2-c2ccccc2C)cc1-c1cc(C2=NC(c3ccc4c(c3)c3cc(-n5c6ccccc6c6ccccc65)ccc3n4C#N)=NC(c3ccccc3)=I2)ccc1CCC#N. The summed E-state index contributed by atoms with van der Waals surface area (Å²) in [4.78, 5) is 10.8. The van der Waals surface area contributed by atoms with Crippen LogP contribution in [0, 0.1) is 36.6 Å². The van der Waals surface area contributed by atoms with Crippen LogP contribution in [0.2, 0.25) is 0 Å². The summed E-state index contributed by atoms with van der Waals surface area (Å²) in [5, 5.41) is 24.7. The van der Waals surface area contributed by atoms with Crippen LogP contribution in [0.4, 0.5) is 0 Å². The minimum absolute atomic E-state index is 0.433. The van der Waals surface area contributed by atoms with Crippen molar-refractivity contribution in [1.82, 2.24) is 9.13 Å². The van der Waals surface area contributed by atoms with Crippen LogP contribution in [-0.4, -0.2) is 22.3 Å². The summed E-state index contributed by atoms with van der Waals surface area (Å²) in [5.74, 6) is 0.646. The summed E-state index contributed by atoms with van der Waals surface area (Å²) in [6.45, 7) is 4.38. The van der Waals surface area contributed by atoms with Crippen LogP contribution in [0.15, 0.2) is 210 Å². The molecule has 7 heteroatoms. The molecular weight excluding hydrogens is 992 g/mol. The Hall–Kier alpha value is -8.50. The fourth-order valence-electron chi connectivity index (χ4n) is 10.5. The van der Waals surface area contributed by atoms with Crippen LogP contribution >= 0.6 is 20.7 Å². The summed E-state index contributed by atoms with van der Waals surface area (Å²) >= 11 is -0.812. The van der Waals surface area contributed by atoms with Crippen molar-refractivity contribution in [2.75, 3.05) is 0 Å². The Morgan fingerprint density at radius 3 is 1.88 bits per heavy atom. The van der Waals surface area contributed by atoms with Crippen LogP contribution < -0.4 is 0 Å². The van der Waals surface area contributed by atoms with E-state index < -0.39 is 20.7 Å². The molecule has 0 saturated heterocycles. The van der Waals surface area contributed by atoms with E-state index in [1.165, 1.54) is 49.7 Å². The molecule has 2 aromatic heterocycles. The highest BCUT2D eigenvalue weighted by Gasteiger charge is 2.21. The third-order valence-corrected chi connectivity index (χ3v) is 16.9. The standard InChI is InChI=1S/C65H47IN6/c1-42-15-6-8-20-51(42)52-21-9-7-16-45(52)29-28-44-27-26-43(2)55(37-44)56-38-48(31-30-46(56)19-14-36-67)64-66-63(47-17-4-3-5-18-47)69-65(70-64)49-32-34-59-57(39-49)58-40-50(33-35-60(58)71(59)41-68)72-61-24-12-10-22-53(61)54-23-11-13-25-62(54)72/h3-13,15-18,20-27,30-35,37-40H,14,19,28-29H2,1-2H3. The number of amidine groups is 1. The second kappa shape index (κ2) is 19.0. The van der Waals surface area contributed by atoms with E-state index in [1.54, 1.807) is 4.57 Å². The van der Waals surface area contributed by atoms with Gasteiger partial charge in [0.2, 0.25) is 0 Å². The lowest BCUT2D eigenvalue weighted by Crippen LogP contribution is -2.11. The predicted molar refractivity (Wildman–Crippen MR) is 307 cm³/mol. The van der Waals surface area contributed by atoms with Gasteiger partial charge in [0.25, 0.3) is 0 Å². The highest BCUT2D eigenvalue weighted by molar-refractivity contribution is 14.2. The van der Waals surface area contributed by atoms with E-state index >= 15 is 0 Å². The molecule has 1 aliphatic heterocycles. The number of aliphatic imine (C=N–C) groups is 2. The van der Waals surface area contributed by atoms with Gasteiger partial charge in [0.15, 0.2) is 12.0 Å². The maximum absolute atomic E-state index is 10.6. The number of hydrogen-bond donors (Lipinski definition) is 0. The first-order valence-corrected chi connectivity index (χ1v) is 26.6. The number of aromatic nitrogens is 2. The zero-order chi connectivity index (χ0) is 48.7. The highest BCUT2D eigenvalue weighted by Crippen LogP contribution is 2.38. The summed E-state index contributed by atoms with van der Waals surface area (Å²) in [6.07, 6.45) is 5.37. The van der Waals surface area contributed by atoms with Crippen LogP contribution in [0.1, 0.15) is 50.9 Å². The van der Waals surface area contributed by atoms with Crippen molar-refractivity contribution in [2.45, 2.75) is 39.5 Å². The van der Waals surface area contributed by atoms with Crippen molar-refractivity contribution >= 4 is 77.5 Å². The van der Waals surface area contributed by atoms with Gasteiger partial charge in [0.05, 0.1) is 28.1 Å². The lowest BCUT2D eigenvalue weighted by atomic mass is 9.89. The number of rotatable bonds is 11. The third-order valence-electron chi connectivity index (χ3n) is 14.1. The molecule has 9 aromatic carbocycles. The van der Waals surface area contributed by atoms with E-state index in [1.807, 2.05) is 12.1 Å². The molecule has 0 N–H and O–H groups in total. The van der Waals surface area contributed by atoms with Crippen LogP contribution in [0.25, 0.3) is 71.6 Å². The van der Waals surface area contributed by atoms with E-state index in [-0.39, 0.29) is 0 Å². The second-order valence-electron chi connectivity index (χ2n) is 18.5. The van der Waals surface area contributed by atoms with E-state index in [0.29, 0.717) is 18.7 Å². The molecule has 0 atom stereocenters. The van der Waals surface area contributed by atoms with Gasteiger partial charge in [0, 0.05) is 50.3 Å². The molecule has 344 valence electrons. The molecule has 1 aliphatic rings. The normalized spacial score (nSPS) is 12.6. The number of hydrogen-bond acceptors (Lipinski definition) is 4. The van der Waals surface area contributed by atoms with Gasteiger partial charge in [0.1, 0.15) is 7.35 Å². The van der Waals surface area contributed by atoms with Gasteiger partial charge in [-0.3, -0.25) is 0 Å². The number of benzene rings is 9. The van der Waals surface area contributed by atoms with Crippen LogP contribution in [-0.2, 0) is 19.3 Å². The molecule has 12 rings (SSSR count). The molecule has 0 unspecified atom stereocenters. The molecule has 0 bridgehead atoms. The van der Waals surface area contributed by atoms with Crippen molar-refractivity contribution in [3.63, 3.8) is 0 Å². The first-order valence-electron chi connectivity index (χ1n) is 24.4. The van der Waals surface area contributed by atoms with Gasteiger partial charge in [-0.2, -0.15) is 10.5 Å². The zero-order valence-electron chi connectivity index (χ0n) is 39.9. The van der Waals surface area contributed by atoms with Gasteiger partial charge < -0.3 is 4.57 Å². The molecule has 0 radical (unpaired) electrons. The molecule has 72 heavy (non-hydrogen) atoms. The van der Waals surface area contributed by atoms with Gasteiger partial charge in [-0.15, -0.1) is 0 Å². The van der Waals surface area contributed by atoms with Gasteiger partial charge in [-0.1, -0.05) is 146 Å². The third kappa shape index (κ3) is 8.12. The van der Waals surface area contributed by atoms with Gasteiger partial charge in [-0.05, 0) is 159 Å². The van der Waals surface area contributed by atoms with Gasteiger partial charge in [-0.25, -0.2) is 14.6 Å². The molecule has 11 aromatic rings. The van der Waals surface area contributed by atoms with E-state index in [0.717, 1.165) is 86.5 Å². The second-order valence-corrected chi connectivity index (χ2v) is 21.1. The fraction of sp³-hybridized carbons (Fsp3) is 0.0923. The fourth-order valence-corrected chi connectivity index (χ4v) is 13.0. The molecule has 0 fully saturated rings. The Balaban J connectivity index is 0.953. The van der Waals surface area contributed by atoms with E-state index in [2.05, 4.69) is 219 Å². The number of nitrogens with zero attached hydrogens (tertiary/aromatic N) is 6. The summed E-state index contributed by atoms with van der Waals surface area (Å²) in [7, 11) is 0. The average molecular weight is 1040 g/mol. The Morgan fingerprint density at radius 2 is 1.11 bits per heavy atom. The summed E-state index contributed by atoms with van der Waals surface area (Å²) < 4.78 is 6.12. The summed E-state index contributed by atoms with van der Waals surface area (Å²) in [6, 6.07) is 73.6. The van der Waals surface area contributed by atoms with Crippen molar-refractivity contribution in [1.29, 1.82) is 10.5 Å². The van der Waals surface area contributed by atoms with Crippen molar-refractivity contribution in [2.24, 2.45) is 9.98 Å². The minimum Gasteiger partial charge on any atom is -0.309 e.